The number of aryl methyl sites for hydroxylation is 1. The van der Waals surface area contributed by atoms with Crippen molar-refractivity contribution in [2.45, 2.75) is 19.5 Å². The number of hydrogen-bond acceptors (Lipinski definition) is 5. The van der Waals surface area contributed by atoms with Crippen molar-refractivity contribution in [2.24, 2.45) is 0 Å². The number of hydrogen-bond donors (Lipinski definition) is 2. The number of phenolic OH excluding ortho intramolecular Hbond substituents is 1. The van der Waals surface area contributed by atoms with E-state index in [1.807, 2.05) is 0 Å². The summed E-state index contributed by atoms with van der Waals surface area (Å²) in [6.07, 6.45) is 1.45. The third kappa shape index (κ3) is 3.34. The Labute approximate surface area is 171 Å². The molecule has 2 N–H and O–H groups in total. The molecule has 0 unspecified atom stereocenters. The largest absolute Gasteiger partial charge is 0.508 e. The fraction of sp³-hybridized carbons (Fsp3) is 0.130. The number of ketones is 1. The second kappa shape index (κ2) is 7.51. The molecule has 7 heteroatoms. The molecule has 3 aromatic rings. The molecule has 1 amide bonds. The minimum Gasteiger partial charge on any atom is -0.508 e. The Hall–Kier alpha value is -3.87. The Bertz CT molecular complexity index is 1170. The van der Waals surface area contributed by atoms with Gasteiger partial charge in [0, 0.05) is 5.56 Å². The van der Waals surface area contributed by atoms with Crippen LogP contribution in [0.5, 0.6) is 5.75 Å². The summed E-state index contributed by atoms with van der Waals surface area (Å²) >= 11 is 0. The van der Waals surface area contributed by atoms with Gasteiger partial charge >= 0.3 is 0 Å². The maximum absolute atomic E-state index is 14.1. The number of phenols is 1. The number of nitrogens with zero attached hydrogens (tertiary/aromatic N) is 1. The predicted octanol–water partition coefficient (Wildman–Crippen LogP) is 4.05. The number of Topliss-reactive ketones (excluding diaryl/α,β-unsaturated/α-hetero) is 1. The van der Waals surface area contributed by atoms with E-state index in [1.54, 1.807) is 31.2 Å². The van der Waals surface area contributed by atoms with E-state index in [0.717, 1.165) is 6.07 Å². The summed E-state index contributed by atoms with van der Waals surface area (Å²) in [5.41, 5.74) is 0.712. The maximum Gasteiger partial charge on any atom is 0.296 e. The average molecular weight is 407 g/mol. The number of furan rings is 1. The summed E-state index contributed by atoms with van der Waals surface area (Å²) in [4.78, 5) is 27.0. The first kappa shape index (κ1) is 19.4. The fourth-order valence-electron chi connectivity index (χ4n) is 3.55. The van der Waals surface area contributed by atoms with Crippen LogP contribution >= 0.6 is 0 Å². The van der Waals surface area contributed by atoms with Crippen LogP contribution in [0, 0.1) is 12.7 Å². The molecule has 0 radical (unpaired) electrons. The van der Waals surface area contributed by atoms with Crippen LogP contribution < -0.4 is 0 Å². The first-order valence-corrected chi connectivity index (χ1v) is 9.23. The lowest BCUT2D eigenvalue weighted by molar-refractivity contribution is -0.140. The van der Waals surface area contributed by atoms with Gasteiger partial charge in [-0.1, -0.05) is 24.3 Å². The molecule has 4 rings (SSSR count). The lowest BCUT2D eigenvalue weighted by Crippen LogP contribution is -2.29. The number of aliphatic hydroxyl groups excluding tert-OH is 1. The molecule has 1 aliphatic rings. The topological polar surface area (TPSA) is 91.0 Å². The van der Waals surface area contributed by atoms with Crippen LogP contribution in [-0.2, 0) is 16.1 Å². The van der Waals surface area contributed by atoms with Crippen molar-refractivity contribution in [3.63, 3.8) is 0 Å². The van der Waals surface area contributed by atoms with Gasteiger partial charge in [0.15, 0.2) is 0 Å². The van der Waals surface area contributed by atoms with Gasteiger partial charge in [0.2, 0.25) is 0 Å². The van der Waals surface area contributed by atoms with Crippen molar-refractivity contribution in [3.8, 4) is 5.75 Å². The number of aliphatic hydroxyl groups is 1. The molecule has 2 aromatic carbocycles. The van der Waals surface area contributed by atoms with E-state index in [9.17, 15) is 24.2 Å². The Morgan fingerprint density at radius 3 is 2.60 bits per heavy atom. The van der Waals surface area contributed by atoms with Crippen molar-refractivity contribution in [1.29, 1.82) is 0 Å². The van der Waals surface area contributed by atoms with Crippen molar-refractivity contribution in [2.75, 3.05) is 0 Å². The molecule has 1 saturated heterocycles. The Kier molecular flexibility index (Phi) is 4.87. The van der Waals surface area contributed by atoms with Gasteiger partial charge in [-0.05, 0) is 48.4 Å². The highest BCUT2D eigenvalue weighted by atomic mass is 19.1. The second-order valence-electron chi connectivity index (χ2n) is 7.07. The van der Waals surface area contributed by atoms with Crippen LogP contribution in [0.4, 0.5) is 4.39 Å². The number of likely N-dealkylation sites (tertiary alicyclic amines) is 1. The molecule has 0 aliphatic carbocycles. The van der Waals surface area contributed by atoms with Crippen LogP contribution in [0.1, 0.15) is 28.5 Å². The van der Waals surface area contributed by atoms with E-state index in [0.29, 0.717) is 16.9 Å². The molecular formula is C23H18FNO5. The van der Waals surface area contributed by atoms with Crippen LogP contribution in [0.3, 0.4) is 0 Å². The maximum atomic E-state index is 14.1. The second-order valence-corrected chi connectivity index (χ2v) is 7.07. The zero-order valence-corrected chi connectivity index (χ0v) is 16.0. The molecule has 0 spiro atoms. The standard InChI is InChI=1S/C23H18FNO5/c1-13-7-8-15(11-18(13)24)21(27)19-20(14-4-2-5-16(26)10-14)25(23(29)22(19)28)12-17-6-3-9-30-17/h2-11,20,26-27H,12H2,1H3/t20-/m0/s1. The van der Waals surface area contributed by atoms with E-state index >= 15 is 0 Å². The molecule has 2 heterocycles. The molecule has 1 aromatic heterocycles. The van der Waals surface area contributed by atoms with Crippen molar-refractivity contribution >= 4 is 17.4 Å². The molecular weight excluding hydrogens is 389 g/mol. The van der Waals surface area contributed by atoms with Gasteiger partial charge in [0.05, 0.1) is 24.4 Å². The number of amides is 1. The molecule has 0 saturated carbocycles. The molecule has 1 fully saturated rings. The minimum absolute atomic E-state index is 0.0169. The molecule has 1 aliphatic heterocycles. The van der Waals surface area contributed by atoms with Gasteiger partial charge in [0.25, 0.3) is 11.7 Å². The number of benzene rings is 2. The third-order valence-corrected chi connectivity index (χ3v) is 5.08. The van der Waals surface area contributed by atoms with Crippen LogP contribution in [0.25, 0.3) is 5.76 Å². The van der Waals surface area contributed by atoms with Gasteiger partial charge in [-0.2, -0.15) is 0 Å². The molecule has 30 heavy (non-hydrogen) atoms. The summed E-state index contributed by atoms with van der Waals surface area (Å²) in [5.74, 6) is -2.36. The SMILES string of the molecule is Cc1ccc(C(O)=C2C(=O)C(=O)N(Cc3ccco3)[C@H]2c2cccc(O)c2)cc1F. The summed E-state index contributed by atoms with van der Waals surface area (Å²) in [6, 6.07) is 12.5. The van der Waals surface area contributed by atoms with Crippen molar-refractivity contribution in [3.05, 3.63) is 94.7 Å². The van der Waals surface area contributed by atoms with Gasteiger partial charge in [-0.15, -0.1) is 0 Å². The van der Waals surface area contributed by atoms with Gasteiger partial charge in [0.1, 0.15) is 23.1 Å². The highest BCUT2D eigenvalue weighted by Crippen LogP contribution is 2.41. The van der Waals surface area contributed by atoms with Crippen molar-refractivity contribution < 1.29 is 28.6 Å². The fourth-order valence-corrected chi connectivity index (χ4v) is 3.55. The van der Waals surface area contributed by atoms with Crippen LogP contribution in [-0.4, -0.2) is 26.8 Å². The number of carbonyl (C=O) groups is 2. The summed E-state index contributed by atoms with van der Waals surface area (Å²) in [7, 11) is 0. The quantitative estimate of drug-likeness (QED) is 0.387. The number of halogens is 1. The van der Waals surface area contributed by atoms with Crippen molar-refractivity contribution in [1.82, 2.24) is 4.90 Å². The highest BCUT2D eigenvalue weighted by molar-refractivity contribution is 6.46. The summed E-state index contributed by atoms with van der Waals surface area (Å²) < 4.78 is 19.4. The Balaban J connectivity index is 1.89. The number of aromatic hydroxyl groups is 1. The third-order valence-electron chi connectivity index (χ3n) is 5.08. The Morgan fingerprint density at radius 2 is 1.93 bits per heavy atom. The number of rotatable bonds is 4. The van der Waals surface area contributed by atoms with Crippen LogP contribution in [0.2, 0.25) is 0 Å². The molecule has 0 bridgehead atoms. The lowest BCUT2D eigenvalue weighted by Gasteiger charge is -2.24. The molecule has 6 nitrogen and oxygen atoms in total. The van der Waals surface area contributed by atoms with Crippen LogP contribution in [0.15, 0.2) is 70.9 Å². The average Bonchev–Trinajstić information content (AvgIpc) is 3.32. The monoisotopic (exact) mass is 407 g/mol. The van der Waals surface area contributed by atoms with Gasteiger partial charge in [-0.3, -0.25) is 9.59 Å². The zero-order chi connectivity index (χ0) is 21.4. The minimum atomic E-state index is -0.980. The Morgan fingerprint density at radius 1 is 1.13 bits per heavy atom. The zero-order valence-electron chi connectivity index (χ0n) is 16.0. The van der Waals surface area contributed by atoms with E-state index in [4.69, 9.17) is 4.42 Å². The van der Waals surface area contributed by atoms with E-state index in [2.05, 4.69) is 0 Å². The van der Waals surface area contributed by atoms with E-state index < -0.39 is 29.3 Å². The first-order chi connectivity index (χ1) is 14.4. The van der Waals surface area contributed by atoms with E-state index in [-0.39, 0.29) is 23.4 Å². The smallest absolute Gasteiger partial charge is 0.296 e. The first-order valence-electron chi connectivity index (χ1n) is 9.23. The predicted molar refractivity (Wildman–Crippen MR) is 106 cm³/mol. The summed E-state index contributed by atoms with van der Waals surface area (Å²) in [6.45, 7) is 1.56. The molecule has 1 atom stereocenters. The normalized spacial score (nSPS) is 18.2. The highest BCUT2D eigenvalue weighted by Gasteiger charge is 2.46. The lowest BCUT2D eigenvalue weighted by atomic mass is 9.95. The summed E-state index contributed by atoms with van der Waals surface area (Å²) in [5, 5.41) is 20.8. The number of carbonyl (C=O) groups excluding carboxylic acids is 2. The molecule has 152 valence electrons. The van der Waals surface area contributed by atoms with Gasteiger partial charge < -0.3 is 19.5 Å². The van der Waals surface area contributed by atoms with Gasteiger partial charge in [-0.25, -0.2) is 4.39 Å². The van der Waals surface area contributed by atoms with E-state index in [1.165, 1.54) is 35.4 Å².